The summed E-state index contributed by atoms with van der Waals surface area (Å²) in [7, 11) is -4.56. The van der Waals surface area contributed by atoms with Crippen molar-refractivity contribution in [3.63, 3.8) is 0 Å². The van der Waals surface area contributed by atoms with Gasteiger partial charge in [-0.25, -0.2) is 4.57 Å². The highest BCUT2D eigenvalue weighted by atomic mass is 31.2. The standard InChI is InChI=1S/C11H25O6P/c1-2-3-4-5-6-7-11(8-12,9-13)10-17-18(14,15)16/h12-13H,2-10H2,1H3,(H2,14,15,16). The van der Waals surface area contributed by atoms with Gasteiger partial charge in [-0.3, -0.25) is 4.52 Å². The van der Waals surface area contributed by atoms with Gasteiger partial charge in [0.25, 0.3) is 0 Å². The first-order valence-corrected chi connectivity index (χ1v) is 7.84. The van der Waals surface area contributed by atoms with Crippen LogP contribution in [0.5, 0.6) is 0 Å². The van der Waals surface area contributed by atoms with Crippen molar-refractivity contribution < 1.29 is 29.1 Å². The Morgan fingerprint density at radius 2 is 1.61 bits per heavy atom. The highest BCUT2D eigenvalue weighted by Crippen LogP contribution is 2.39. The van der Waals surface area contributed by atoms with E-state index in [0.717, 1.165) is 32.1 Å². The summed E-state index contributed by atoms with van der Waals surface area (Å²) in [4.78, 5) is 17.3. The summed E-state index contributed by atoms with van der Waals surface area (Å²) in [6, 6.07) is 0. The predicted molar refractivity (Wildman–Crippen MR) is 68.0 cm³/mol. The van der Waals surface area contributed by atoms with E-state index in [4.69, 9.17) is 9.79 Å². The molecule has 0 bridgehead atoms. The van der Waals surface area contributed by atoms with Gasteiger partial charge in [0.15, 0.2) is 0 Å². The second kappa shape index (κ2) is 9.02. The maximum Gasteiger partial charge on any atom is 0.469 e. The Hall–Kier alpha value is 0.0300. The van der Waals surface area contributed by atoms with Gasteiger partial charge in [-0.1, -0.05) is 39.0 Å². The molecular formula is C11H25O6P. The third-order valence-electron chi connectivity index (χ3n) is 3.02. The van der Waals surface area contributed by atoms with E-state index in [1.165, 1.54) is 0 Å². The van der Waals surface area contributed by atoms with Gasteiger partial charge in [0.1, 0.15) is 0 Å². The van der Waals surface area contributed by atoms with Crippen LogP contribution in [-0.4, -0.2) is 39.8 Å². The Balaban J connectivity index is 4.13. The van der Waals surface area contributed by atoms with E-state index in [2.05, 4.69) is 11.4 Å². The molecule has 0 saturated heterocycles. The Labute approximate surface area is 108 Å². The molecule has 0 atom stereocenters. The van der Waals surface area contributed by atoms with E-state index in [1.807, 2.05) is 0 Å². The normalized spacial score (nSPS) is 12.9. The molecule has 0 saturated carbocycles. The quantitative estimate of drug-likeness (QED) is 0.338. The first kappa shape index (κ1) is 18.0. The molecule has 0 unspecified atom stereocenters. The van der Waals surface area contributed by atoms with Crippen LogP contribution >= 0.6 is 7.82 Å². The van der Waals surface area contributed by atoms with Crippen LogP contribution in [0.1, 0.15) is 45.4 Å². The van der Waals surface area contributed by atoms with Gasteiger partial charge in [0.2, 0.25) is 0 Å². The lowest BCUT2D eigenvalue weighted by Crippen LogP contribution is -2.34. The molecule has 7 heteroatoms. The van der Waals surface area contributed by atoms with E-state index in [9.17, 15) is 14.8 Å². The Morgan fingerprint density at radius 1 is 1.06 bits per heavy atom. The number of aliphatic hydroxyl groups excluding tert-OH is 2. The van der Waals surface area contributed by atoms with Crippen molar-refractivity contribution in [2.75, 3.05) is 19.8 Å². The van der Waals surface area contributed by atoms with Gasteiger partial charge >= 0.3 is 7.82 Å². The predicted octanol–water partition coefficient (Wildman–Crippen LogP) is 1.43. The second-order valence-electron chi connectivity index (χ2n) is 4.74. The summed E-state index contributed by atoms with van der Waals surface area (Å²) in [5.41, 5.74) is -0.965. The van der Waals surface area contributed by atoms with Gasteiger partial charge in [-0.05, 0) is 6.42 Å². The Morgan fingerprint density at radius 3 is 2.06 bits per heavy atom. The summed E-state index contributed by atoms with van der Waals surface area (Å²) >= 11 is 0. The van der Waals surface area contributed by atoms with Crippen LogP contribution in [0.4, 0.5) is 0 Å². The van der Waals surface area contributed by atoms with Crippen LogP contribution in [0, 0.1) is 5.41 Å². The average molecular weight is 284 g/mol. The smallest absolute Gasteiger partial charge is 0.396 e. The molecule has 0 aromatic carbocycles. The van der Waals surface area contributed by atoms with E-state index in [-0.39, 0.29) is 19.8 Å². The summed E-state index contributed by atoms with van der Waals surface area (Å²) in [5.74, 6) is 0. The molecule has 4 N–H and O–H groups in total. The summed E-state index contributed by atoms with van der Waals surface area (Å²) < 4.78 is 15.0. The molecule has 0 aliphatic heterocycles. The second-order valence-corrected chi connectivity index (χ2v) is 5.98. The van der Waals surface area contributed by atoms with E-state index < -0.39 is 13.2 Å². The topological polar surface area (TPSA) is 107 Å². The molecule has 0 amide bonds. The fourth-order valence-electron chi connectivity index (χ4n) is 1.70. The molecule has 0 rings (SSSR count). The fraction of sp³-hybridized carbons (Fsp3) is 1.00. The van der Waals surface area contributed by atoms with Gasteiger partial charge < -0.3 is 20.0 Å². The first-order valence-electron chi connectivity index (χ1n) is 6.31. The molecule has 6 nitrogen and oxygen atoms in total. The minimum atomic E-state index is -4.56. The fourth-order valence-corrected chi connectivity index (χ4v) is 2.14. The lowest BCUT2D eigenvalue weighted by atomic mass is 9.85. The van der Waals surface area contributed by atoms with Gasteiger partial charge in [-0.15, -0.1) is 0 Å². The molecule has 18 heavy (non-hydrogen) atoms. The van der Waals surface area contributed by atoms with Crippen molar-refractivity contribution in [1.29, 1.82) is 0 Å². The molecule has 0 spiro atoms. The number of hydrogen-bond acceptors (Lipinski definition) is 4. The molecular weight excluding hydrogens is 259 g/mol. The molecule has 0 aromatic rings. The first-order chi connectivity index (χ1) is 8.39. The zero-order valence-corrected chi connectivity index (χ0v) is 11.8. The van der Waals surface area contributed by atoms with Crippen LogP contribution in [0.3, 0.4) is 0 Å². The summed E-state index contributed by atoms with van der Waals surface area (Å²) in [6.45, 7) is 1.08. The molecule has 0 radical (unpaired) electrons. The number of rotatable bonds is 11. The van der Waals surface area contributed by atoms with Crippen LogP contribution < -0.4 is 0 Å². The highest BCUT2D eigenvalue weighted by molar-refractivity contribution is 7.46. The SMILES string of the molecule is CCCCCCCC(CO)(CO)COP(=O)(O)O. The zero-order chi connectivity index (χ0) is 14.1. The third-order valence-corrected chi connectivity index (χ3v) is 3.49. The number of aliphatic hydroxyl groups is 2. The van der Waals surface area contributed by atoms with Crippen molar-refractivity contribution in [1.82, 2.24) is 0 Å². The molecule has 0 aliphatic carbocycles. The van der Waals surface area contributed by atoms with Crippen molar-refractivity contribution in [2.24, 2.45) is 5.41 Å². The van der Waals surface area contributed by atoms with Crippen molar-refractivity contribution in [3.8, 4) is 0 Å². The van der Waals surface area contributed by atoms with Crippen LogP contribution in [0.25, 0.3) is 0 Å². The zero-order valence-electron chi connectivity index (χ0n) is 10.9. The molecule has 0 aromatic heterocycles. The van der Waals surface area contributed by atoms with Gasteiger partial charge in [0.05, 0.1) is 19.8 Å². The third kappa shape index (κ3) is 8.19. The van der Waals surface area contributed by atoms with E-state index in [0.29, 0.717) is 6.42 Å². The number of phosphoric ester groups is 1. The molecule has 110 valence electrons. The van der Waals surface area contributed by atoms with Crippen molar-refractivity contribution in [3.05, 3.63) is 0 Å². The minimum Gasteiger partial charge on any atom is -0.396 e. The number of unbranched alkanes of at least 4 members (excludes halogenated alkanes) is 4. The van der Waals surface area contributed by atoms with Gasteiger partial charge in [0, 0.05) is 5.41 Å². The lowest BCUT2D eigenvalue weighted by molar-refractivity contribution is -0.00240. The Bertz CT molecular complexity index is 248. The van der Waals surface area contributed by atoms with Crippen LogP contribution in [-0.2, 0) is 9.09 Å². The number of hydrogen-bond donors (Lipinski definition) is 4. The molecule has 0 heterocycles. The minimum absolute atomic E-state index is 0.335. The molecule has 0 aliphatic rings. The highest BCUT2D eigenvalue weighted by Gasteiger charge is 2.31. The number of phosphoric acid groups is 1. The van der Waals surface area contributed by atoms with Gasteiger partial charge in [-0.2, -0.15) is 0 Å². The van der Waals surface area contributed by atoms with Crippen LogP contribution in [0.2, 0.25) is 0 Å². The van der Waals surface area contributed by atoms with E-state index in [1.54, 1.807) is 0 Å². The summed E-state index contributed by atoms with van der Waals surface area (Å²) in [5, 5.41) is 18.6. The Kier molecular flexibility index (Phi) is 9.03. The van der Waals surface area contributed by atoms with Crippen molar-refractivity contribution in [2.45, 2.75) is 45.4 Å². The largest absolute Gasteiger partial charge is 0.469 e. The summed E-state index contributed by atoms with van der Waals surface area (Å²) in [6.07, 6.45) is 5.63. The van der Waals surface area contributed by atoms with E-state index >= 15 is 0 Å². The maximum atomic E-state index is 10.6. The average Bonchev–Trinajstić information content (AvgIpc) is 2.32. The van der Waals surface area contributed by atoms with Crippen molar-refractivity contribution >= 4 is 7.82 Å². The monoisotopic (exact) mass is 284 g/mol. The maximum absolute atomic E-state index is 10.6. The van der Waals surface area contributed by atoms with Crippen LogP contribution in [0.15, 0.2) is 0 Å². The molecule has 0 fully saturated rings. The lowest BCUT2D eigenvalue weighted by Gasteiger charge is -2.29.